The van der Waals surface area contributed by atoms with Gasteiger partial charge in [0.1, 0.15) is 0 Å². The molecule has 2 aromatic rings. The Morgan fingerprint density at radius 2 is 1.90 bits per heavy atom. The van der Waals surface area contributed by atoms with Crippen LogP contribution in [0.3, 0.4) is 0 Å². The van der Waals surface area contributed by atoms with E-state index in [1.165, 1.54) is 4.57 Å². The number of alkyl halides is 3. The van der Waals surface area contributed by atoms with Gasteiger partial charge in [0.25, 0.3) is 11.5 Å². The predicted molar refractivity (Wildman–Crippen MR) is 98.5 cm³/mol. The topological polar surface area (TPSA) is 84.2 Å². The molecule has 0 radical (unpaired) electrons. The quantitative estimate of drug-likeness (QED) is 0.763. The van der Waals surface area contributed by atoms with Gasteiger partial charge in [0, 0.05) is 39.8 Å². The van der Waals surface area contributed by atoms with E-state index in [4.69, 9.17) is 0 Å². The predicted octanol–water partition coefficient (Wildman–Crippen LogP) is 1.67. The molecule has 1 aliphatic rings. The second kappa shape index (κ2) is 8.18. The summed E-state index contributed by atoms with van der Waals surface area (Å²) in [5.74, 6) is 0.503. The van der Waals surface area contributed by atoms with Crippen molar-refractivity contribution in [3.8, 4) is 0 Å². The molecule has 29 heavy (non-hydrogen) atoms. The first-order valence-corrected chi connectivity index (χ1v) is 9.09. The Morgan fingerprint density at radius 3 is 2.41 bits per heavy atom. The Balaban J connectivity index is 1.58. The van der Waals surface area contributed by atoms with E-state index < -0.39 is 17.4 Å². The molecule has 1 saturated heterocycles. The Bertz CT molecular complexity index is 918. The highest BCUT2D eigenvalue weighted by Crippen LogP contribution is 2.26. The van der Waals surface area contributed by atoms with E-state index in [1.54, 1.807) is 21.9 Å². The molecule has 2 aromatic heterocycles. The molecule has 8 nitrogen and oxygen atoms in total. The molecule has 0 aromatic carbocycles. The van der Waals surface area contributed by atoms with E-state index in [1.807, 2.05) is 14.1 Å². The molecule has 0 spiro atoms. The number of nitrogens with zero attached hydrogens (tertiary/aromatic N) is 6. The lowest BCUT2D eigenvalue weighted by Gasteiger charge is -2.32. The van der Waals surface area contributed by atoms with Crippen LogP contribution in [0.15, 0.2) is 29.3 Å². The van der Waals surface area contributed by atoms with Crippen molar-refractivity contribution in [2.45, 2.75) is 25.6 Å². The maximum absolute atomic E-state index is 12.6. The fraction of sp³-hybridized carbons (Fsp3) is 0.500. The molecule has 0 saturated carbocycles. The third-order valence-corrected chi connectivity index (χ3v) is 4.85. The number of rotatable bonds is 4. The monoisotopic (exact) mass is 410 g/mol. The largest absolute Gasteiger partial charge is 0.433 e. The summed E-state index contributed by atoms with van der Waals surface area (Å²) in [6.07, 6.45) is -2.45. The van der Waals surface area contributed by atoms with Crippen molar-refractivity contribution in [2.75, 3.05) is 32.1 Å². The van der Waals surface area contributed by atoms with Crippen LogP contribution in [-0.2, 0) is 12.7 Å². The van der Waals surface area contributed by atoms with Crippen LogP contribution in [0, 0.1) is 5.92 Å². The highest BCUT2D eigenvalue weighted by Gasteiger charge is 2.33. The minimum absolute atomic E-state index is 0.0671. The summed E-state index contributed by atoms with van der Waals surface area (Å²) in [7, 11) is 3.65. The average molecular weight is 410 g/mol. The second-order valence-corrected chi connectivity index (χ2v) is 7.17. The third kappa shape index (κ3) is 4.90. The van der Waals surface area contributed by atoms with Crippen LogP contribution >= 0.6 is 0 Å². The molecule has 0 aliphatic carbocycles. The van der Waals surface area contributed by atoms with Gasteiger partial charge in [0.2, 0.25) is 0 Å². The number of hydrogen-bond acceptors (Lipinski definition) is 6. The molecule has 0 N–H and O–H groups in total. The molecule has 3 rings (SSSR count). The van der Waals surface area contributed by atoms with Crippen molar-refractivity contribution in [3.05, 3.63) is 46.3 Å². The lowest BCUT2D eigenvalue weighted by Crippen LogP contribution is -2.40. The molecule has 156 valence electrons. The van der Waals surface area contributed by atoms with Gasteiger partial charge in [0.05, 0.1) is 6.33 Å². The molecule has 0 bridgehead atoms. The summed E-state index contributed by atoms with van der Waals surface area (Å²) in [6.45, 7) is 1.22. The van der Waals surface area contributed by atoms with Crippen LogP contribution < -0.4 is 10.5 Å². The first-order valence-electron chi connectivity index (χ1n) is 9.09. The van der Waals surface area contributed by atoms with Gasteiger partial charge in [-0.05, 0) is 30.9 Å². The van der Waals surface area contributed by atoms with E-state index in [0.29, 0.717) is 37.8 Å². The van der Waals surface area contributed by atoms with Crippen molar-refractivity contribution >= 4 is 11.7 Å². The zero-order chi connectivity index (χ0) is 21.2. The van der Waals surface area contributed by atoms with Crippen molar-refractivity contribution in [3.63, 3.8) is 0 Å². The number of amides is 1. The molecule has 1 aliphatic heterocycles. The van der Waals surface area contributed by atoms with Gasteiger partial charge in [-0.3, -0.25) is 14.2 Å². The Labute approximate surface area is 165 Å². The molecule has 0 unspecified atom stereocenters. The van der Waals surface area contributed by atoms with Gasteiger partial charge < -0.3 is 9.80 Å². The highest BCUT2D eigenvalue weighted by atomic mass is 19.4. The van der Waals surface area contributed by atoms with Gasteiger partial charge in [0.15, 0.2) is 17.2 Å². The Kier molecular flexibility index (Phi) is 5.85. The maximum Gasteiger partial charge on any atom is 0.433 e. The summed E-state index contributed by atoms with van der Waals surface area (Å²) in [5, 5.41) is 7.98. The lowest BCUT2D eigenvalue weighted by molar-refractivity contribution is -0.141. The van der Waals surface area contributed by atoms with Gasteiger partial charge in [-0.2, -0.15) is 13.2 Å². The number of halogens is 3. The van der Waals surface area contributed by atoms with E-state index in [2.05, 4.69) is 15.2 Å². The second-order valence-electron chi connectivity index (χ2n) is 7.17. The van der Waals surface area contributed by atoms with Gasteiger partial charge >= 0.3 is 6.18 Å². The minimum atomic E-state index is -4.64. The summed E-state index contributed by atoms with van der Waals surface area (Å²) in [6, 6.07) is 3.86. The Morgan fingerprint density at radius 1 is 1.21 bits per heavy atom. The zero-order valence-corrected chi connectivity index (χ0v) is 16.1. The number of hydrogen-bond donors (Lipinski definition) is 0. The first kappa shape index (κ1) is 20.7. The van der Waals surface area contributed by atoms with Crippen molar-refractivity contribution in [1.82, 2.24) is 24.6 Å². The third-order valence-electron chi connectivity index (χ3n) is 4.85. The van der Waals surface area contributed by atoms with Gasteiger partial charge in [-0.15, -0.1) is 10.2 Å². The number of anilines is 1. The molecule has 1 amide bonds. The van der Waals surface area contributed by atoms with E-state index >= 15 is 0 Å². The fourth-order valence-electron chi connectivity index (χ4n) is 3.15. The summed E-state index contributed by atoms with van der Waals surface area (Å²) in [5.41, 5.74) is -1.67. The smallest absolute Gasteiger partial charge is 0.361 e. The maximum atomic E-state index is 12.6. The highest BCUT2D eigenvalue weighted by molar-refractivity contribution is 5.92. The molecular weight excluding hydrogens is 389 g/mol. The zero-order valence-electron chi connectivity index (χ0n) is 16.1. The van der Waals surface area contributed by atoms with Crippen LogP contribution in [0.2, 0.25) is 0 Å². The van der Waals surface area contributed by atoms with E-state index in [-0.39, 0.29) is 24.1 Å². The van der Waals surface area contributed by atoms with Crippen LogP contribution in [0.1, 0.15) is 29.0 Å². The van der Waals surface area contributed by atoms with Crippen LogP contribution in [0.25, 0.3) is 0 Å². The number of carbonyl (C=O) groups is 1. The lowest BCUT2D eigenvalue weighted by atomic mass is 9.96. The molecular formula is C18H21F3N6O2. The molecule has 3 heterocycles. The van der Waals surface area contributed by atoms with Crippen molar-refractivity contribution in [1.29, 1.82) is 0 Å². The summed E-state index contributed by atoms with van der Waals surface area (Å²) >= 11 is 0. The van der Waals surface area contributed by atoms with Crippen LogP contribution in [0.5, 0.6) is 0 Å². The van der Waals surface area contributed by atoms with Crippen molar-refractivity contribution < 1.29 is 18.0 Å². The normalized spacial score (nSPS) is 15.4. The summed E-state index contributed by atoms with van der Waals surface area (Å²) in [4.78, 5) is 31.3. The molecule has 1 fully saturated rings. The number of carbonyl (C=O) groups excluding carboxylic acids is 1. The number of aromatic nitrogens is 4. The van der Waals surface area contributed by atoms with E-state index in [0.717, 1.165) is 6.33 Å². The van der Waals surface area contributed by atoms with Crippen LogP contribution in [0.4, 0.5) is 19.0 Å². The Hall–Kier alpha value is -2.98. The molecule has 11 heteroatoms. The first-order chi connectivity index (χ1) is 13.6. The van der Waals surface area contributed by atoms with Crippen LogP contribution in [-0.4, -0.2) is 57.7 Å². The molecule has 0 atom stereocenters. The van der Waals surface area contributed by atoms with Gasteiger partial charge in [-0.25, -0.2) is 4.98 Å². The van der Waals surface area contributed by atoms with Gasteiger partial charge in [-0.1, -0.05) is 0 Å². The number of likely N-dealkylation sites (tertiary alicyclic amines) is 1. The van der Waals surface area contributed by atoms with Crippen molar-refractivity contribution in [2.24, 2.45) is 5.92 Å². The fourth-order valence-corrected chi connectivity index (χ4v) is 3.15. The standard InChI is InChI=1S/C18H21F3N6O2/c1-25(2)15-4-3-13(23-24-15)17(29)26-7-5-12(6-8-26)10-27-11-22-14(9-16(27)28)18(19,20)21/h3-4,9,11-12H,5-8,10H2,1-2H3. The van der Waals surface area contributed by atoms with E-state index in [9.17, 15) is 22.8 Å². The average Bonchev–Trinajstić information content (AvgIpc) is 2.69. The minimum Gasteiger partial charge on any atom is -0.361 e. The SMILES string of the molecule is CN(C)c1ccc(C(=O)N2CCC(Cn3cnc(C(F)(F)F)cc3=O)CC2)nn1. The number of piperidine rings is 1. The summed E-state index contributed by atoms with van der Waals surface area (Å²) < 4.78 is 39.0.